The third-order valence-corrected chi connectivity index (χ3v) is 3.88. The monoisotopic (exact) mass is 321 g/mol. The molecule has 0 heterocycles. The Kier molecular flexibility index (Phi) is 5.12. The second-order valence-electron chi connectivity index (χ2n) is 5.70. The number of ether oxygens (including phenoxy) is 1. The van der Waals surface area contributed by atoms with Crippen molar-refractivity contribution in [1.29, 1.82) is 0 Å². The van der Waals surface area contributed by atoms with Crippen LogP contribution in [-0.2, 0) is 13.2 Å². The van der Waals surface area contributed by atoms with Gasteiger partial charge in [0.15, 0.2) is 0 Å². The van der Waals surface area contributed by atoms with Crippen molar-refractivity contribution in [1.82, 2.24) is 0 Å². The van der Waals surface area contributed by atoms with Crippen molar-refractivity contribution < 1.29 is 9.13 Å². The molecule has 3 aromatic carbocycles. The first kappa shape index (κ1) is 16.1. The van der Waals surface area contributed by atoms with E-state index in [0.29, 0.717) is 12.1 Å². The zero-order valence-electron chi connectivity index (χ0n) is 13.6. The lowest BCUT2D eigenvalue weighted by Crippen LogP contribution is -2.02. The molecule has 0 aromatic heterocycles. The second kappa shape index (κ2) is 7.64. The van der Waals surface area contributed by atoms with Gasteiger partial charge in [-0.3, -0.25) is 0 Å². The molecular formula is C21H20FNO. The Balaban J connectivity index is 1.62. The first-order valence-electron chi connectivity index (χ1n) is 7.97. The van der Waals surface area contributed by atoms with E-state index >= 15 is 0 Å². The van der Waals surface area contributed by atoms with E-state index in [1.807, 2.05) is 42.5 Å². The van der Waals surface area contributed by atoms with Crippen LogP contribution in [0.1, 0.15) is 16.7 Å². The number of nitrogens with one attached hydrogen (secondary N) is 1. The number of benzene rings is 3. The molecule has 0 spiro atoms. The summed E-state index contributed by atoms with van der Waals surface area (Å²) >= 11 is 0. The van der Waals surface area contributed by atoms with Gasteiger partial charge < -0.3 is 10.1 Å². The number of halogens is 1. The average molecular weight is 321 g/mol. The van der Waals surface area contributed by atoms with Gasteiger partial charge in [-0.25, -0.2) is 4.39 Å². The highest BCUT2D eigenvalue weighted by atomic mass is 19.1. The molecule has 0 aliphatic rings. The Morgan fingerprint density at radius 2 is 1.71 bits per heavy atom. The van der Waals surface area contributed by atoms with Crippen LogP contribution in [0.25, 0.3) is 0 Å². The first-order valence-corrected chi connectivity index (χ1v) is 7.97. The normalized spacial score (nSPS) is 10.4. The van der Waals surface area contributed by atoms with Crippen LogP contribution >= 0.6 is 0 Å². The summed E-state index contributed by atoms with van der Waals surface area (Å²) in [6.45, 7) is 3.01. The van der Waals surface area contributed by atoms with Crippen molar-refractivity contribution >= 4 is 5.69 Å². The van der Waals surface area contributed by atoms with E-state index in [2.05, 4.69) is 24.4 Å². The van der Waals surface area contributed by atoms with Gasteiger partial charge in [-0.1, -0.05) is 48.5 Å². The smallest absolute Gasteiger partial charge is 0.129 e. The number of anilines is 1. The van der Waals surface area contributed by atoms with E-state index in [0.717, 1.165) is 17.0 Å². The van der Waals surface area contributed by atoms with Gasteiger partial charge in [0.25, 0.3) is 0 Å². The fourth-order valence-electron chi connectivity index (χ4n) is 2.49. The number of hydrogen-bond donors (Lipinski definition) is 1. The predicted molar refractivity (Wildman–Crippen MR) is 95.7 cm³/mol. The molecule has 3 aromatic rings. The number of rotatable bonds is 6. The maximum absolute atomic E-state index is 13.6. The topological polar surface area (TPSA) is 21.3 Å². The van der Waals surface area contributed by atoms with E-state index in [-0.39, 0.29) is 12.4 Å². The number of hydrogen-bond acceptors (Lipinski definition) is 2. The molecule has 2 nitrogen and oxygen atoms in total. The van der Waals surface area contributed by atoms with E-state index in [9.17, 15) is 4.39 Å². The third kappa shape index (κ3) is 4.13. The minimum Gasteiger partial charge on any atom is -0.489 e. The summed E-state index contributed by atoms with van der Waals surface area (Å²) in [7, 11) is 0. The van der Waals surface area contributed by atoms with Gasteiger partial charge in [-0.05, 0) is 42.3 Å². The van der Waals surface area contributed by atoms with Gasteiger partial charge >= 0.3 is 0 Å². The summed E-state index contributed by atoms with van der Waals surface area (Å²) < 4.78 is 19.3. The Bertz CT molecular complexity index is 751. The van der Waals surface area contributed by atoms with Crippen molar-refractivity contribution in [2.24, 2.45) is 0 Å². The third-order valence-electron chi connectivity index (χ3n) is 3.88. The molecule has 0 bridgehead atoms. The predicted octanol–water partition coefficient (Wildman–Crippen LogP) is 5.33. The summed E-state index contributed by atoms with van der Waals surface area (Å²) in [5.74, 6) is 0.497. The van der Waals surface area contributed by atoms with Crippen LogP contribution in [0.15, 0.2) is 72.8 Å². The highest BCUT2D eigenvalue weighted by Gasteiger charge is 2.03. The lowest BCUT2D eigenvalue weighted by molar-refractivity contribution is 0.299. The number of aryl methyl sites for hydroxylation is 1. The van der Waals surface area contributed by atoms with Gasteiger partial charge in [0.2, 0.25) is 0 Å². The van der Waals surface area contributed by atoms with Crippen molar-refractivity contribution in [3.63, 3.8) is 0 Å². The molecule has 24 heavy (non-hydrogen) atoms. The molecule has 0 saturated carbocycles. The summed E-state index contributed by atoms with van der Waals surface area (Å²) in [6, 6.07) is 22.7. The quantitative estimate of drug-likeness (QED) is 0.663. The van der Waals surface area contributed by atoms with Crippen molar-refractivity contribution in [2.75, 3.05) is 5.32 Å². The molecule has 0 amide bonds. The van der Waals surface area contributed by atoms with Crippen LogP contribution in [0.2, 0.25) is 0 Å². The molecule has 0 radical (unpaired) electrons. The largest absolute Gasteiger partial charge is 0.489 e. The Hall–Kier alpha value is -2.81. The minimum atomic E-state index is -0.241. The molecule has 0 atom stereocenters. The maximum atomic E-state index is 13.6. The summed E-state index contributed by atoms with van der Waals surface area (Å²) in [5.41, 5.74) is 4.00. The highest BCUT2D eigenvalue weighted by molar-refractivity contribution is 5.50. The summed E-state index contributed by atoms with van der Waals surface area (Å²) in [4.78, 5) is 0. The summed E-state index contributed by atoms with van der Waals surface area (Å²) in [5, 5.41) is 3.42. The molecule has 0 aliphatic carbocycles. The zero-order chi connectivity index (χ0) is 16.8. The van der Waals surface area contributed by atoms with E-state index in [1.165, 1.54) is 11.6 Å². The van der Waals surface area contributed by atoms with Crippen LogP contribution in [0.4, 0.5) is 10.1 Å². The summed E-state index contributed by atoms with van der Waals surface area (Å²) in [6.07, 6.45) is 0. The van der Waals surface area contributed by atoms with E-state index < -0.39 is 0 Å². The van der Waals surface area contributed by atoms with Crippen LogP contribution in [0, 0.1) is 12.7 Å². The minimum absolute atomic E-state index is 0.224. The lowest BCUT2D eigenvalue weighted by atomic mass is 10.1. The van der Waals surface area contributed by atoms with E-state index in [1.54, 1.807) is 12.1 Å². The standard InChI is InChI=1S/C21H20FNO/c1-16-7-2-5-12-21(16)23-14-17-8-6-10-19(13-17)24-15-18-9-3-4-11-20(18)22/h2-13,23H,14-15H2,1H3. The SMILES string of the molecule is Cc1ccccc1NCc1cccc(OCc2ccccc2F)c1. The van der Waals surface area contributed by atoms with Crippen LogP contribution in [0.3, 0.4) is 0 Å². The zero-order valence-corrected chi connectivity index (χ0v) is 13.6. The van der Waals surface area contributed by atoms with Crippen molar-refractivity contribution in [3.05, 3.63) is 95.3 Å². The molecular weight excluding hydrogens is 301 g/mol. The van der Waals surface area contributed by atoms with Crippen LogP contribution in [0.5, 0.6) is 5.75 Å². The molecule has 0 saturated heterocycles. The highest BCUT2D eigenvalue weighted by Crippen LogP contribution is 2.19. The van der Waals surface area contributed by atoms with Gasteiger partial charge in [0.05, 0.1) is 0 Å². The molecule has 0 unspecified atom stereocenters. The molecule has 0 aliphatic heterocycles. The molecule has 122 valence electrons. The van der Waals surface area contributed by atoms with Crippen molar-refractivity contribution in [3.8, 4) is 5.75 Å². The van der Waals surface area contributed by atoms with Crippen LogP contribution < -0.4 is 10.1 Å². The average Bonchev–Trinajstić information content (AvgIpc) is 2.61. The van der Waals surface area contributed by atoms with Gasteiger partial charge in [0, 0.05) is 17.8 Å². The fourth-order valence-corrected chi connectivity index (χ4v) is 2.49. The van der Waals surface area contributed by atoms with Gasteiger partial charge in [-0.2, -0.15) is 0 Å². The Morgan fingerprint density at radius 3 is 2.54 bits per heavy atom. The number of para-hydroxylation sites is 1. The van der Waals surface area contributed by atoms with Crippen molar-refractivity contribution in [2.45, 2.75) is 20.1 Å². The fraction of sp³-hybridized carbons (Fsp3) is 0.143. The van der Waals surface area contributed by atoms with Gasteiger partial charge in [-0.15, -0.1) is 0 Å². The van der Waals surface area contributed by atoms with Gasteiger partial charge in [0.1, 0.15) is 18.2 Å². The maximum Gasteiger partial charge on any atom is 0.129 e. The Labute approximate surface area is 141 Å². The molecule has 3 rings (SSSR count). The molecule has 0 fully saturated rings. The second-order valence-corrected chi connectivity index (χ2v) is 5.70. The first-order chi connectivity index (χ1) is 11.7. The lowest BCUT2D eigenvalue weighted by Gasteiger charge is -2.11. The van der Waals surface area contributed by atoms with E-state index in [4.69, 9.17) is 4.74 Å². The Morgan fingerprint density at radius 1 is 0.917 bits per heavy atom. The molecule has 3 heteroatoms. The van der Waals surface area contributed by atoms with Crippen LogP contribution in [-0.4, -0.2) is 0 Å². The molecule has 1 N–H and O–H groups in total.